The monoisotopic (exact) mass is 408 g/mol. The lowest BCUT2D eigenvalue weighted by Crippen LogP contribution is -2.41. The molecule has 0 heterocycles. The molecule has 0 unspecified atom stereocenters. The molecule has 3 aromatic carbocycles. The zero-order chi connectivity index (χ0) is 20.7. The van der Waals surface area contributed by atoms with Crippen molar-refractivity contribution in [2.75, 3.05) is 6.61 Å². The minimum absolute atomic E-state index is 0.289. The Hall–Kier alpha value is -2.59. The molecule has 0 radical (unpaired) electrons. The van der Waals surface area contributed by atoms with Crippen molar-refractivity contribution in [3.63, 3.8) is 0 Å². The first-order chi connectivity index (χ1) is 14.0. The normalized spacial score (nSPS) is 11.3. The number of benzene rings is 3. The third kappa shape index (κ3) is 5.94. The van der Waals surface area contributed by atoms with Crippen LogP contribution in [0.1, 0.15) is 18.9 Å². The summed E-state index contributed by atoms with van der Waals surface area (Å²) in [5.41, 5.74) is 1.11. The molecule has 4 heteroatoms. The Bertz CT molecular complexity index is 908. The summed E-state index contributed by atoms with van der Waals surface area (Å²) in [5, 5.41) is 1.44. The summed E-state index contributed by atoms with van der Waals surface area (Å²) in [6, 6.07) is 24.3. The summed E-state index contributed by atoms with van der Waals surface area (Å²) in [7, 11) is -1.53. The SMILES string of the molecule is CCOc1ccc([Si-](C)(C)CCCc2ccc(F)c(Oc3ccccc3)c2)cc1. The van der Waals surface area contributed by atoms with Gasteiger partial charge < -0.3 is 9.47 Å². The van der Waals surface area contributed by atoms with Gasteiger partial charge in [-0.05, 0) is 55.3 Å². The molecule has 3 aromatic rings. The smallest absolute Gasteiger partial charge is 0.165 e. The van der Waals surface area contributed by atoms with Gasteiger partial charge in [0.05, 0.1) is 6.61 Å². The van der Waals surface area contributed by atoms with Crippen molar-refractivity contribution >= 4 is 13.3 Å². The van der Waals surface area contributed by atoms with Crippen molar-refractivity contribution in [3.05, 3.63) is 84.2 Å². The molecule has 0 bridgehead atoms. The van der Waals surface area contributed by atoms with Crippen LogP contribution in [0.15, 0.2) is 72.8 Å². The first-order valence-electron chi connectivity index (χ1n) is 10.2. The van der Waals surface area contributed by atoms with Gasteiger partial charge in [0.25, 0.3) is 0 Å². The average molecular weight is 409 g/mol. The number of hydrogen-bond donors (Lipinski definition) is 0. The zero-order valence-corrected chi connectivity index (χ0v) is 18.5. The Balaban J connectivity index is 1.60. The van der Waals surface area contributed by atoms with E-state index in [1.54, 1.807) is 0 Å². The number of hydrogen-bond acceptors (Lipinski definition) is 2. The first kappa shape index (κ1) is 21.1. The summed E-state index contributed by atoms with van der Waals surface area (Å²) in [6.07, 6.45) is 1.99. The first-order valence-corrected chi connectivity index (χ1v) is 13.4. The Kier molecular flexibility index (Phi) is 7.10. The van der Waals surface area contributed by atoms with Crippen molar-refractivity contribution in [1.29, 1.82) is 0 Å². The molecule has 0 aliphatic carbocycles. The van der Waals surface area contributed by atoms with Crippen molar-refractivity contribution < 1.29 is 13.9 Å². The standard InChI is InChI=1S/C25H29FO2Si/c1-4-27-21-13-15-23(16-14-21)29(2,3)18-8-9-20-12-17-24(26)25(19-20)28-22-10-6-5-7-11-22/h5-7,10-17,19H,4,8-9,18H2,1-3H3/q-1. The molecule has 0 aromatic heterocycles. The Morgan fingerprint density at radius 2 is 1.59 bits per heavy atom. The lowest BCUT2D eigenvalue weighted by Gasteiger charge is -2.35. The zero-order valence-electron chi connectivity index (χ0n) is 17.5. The van der Waals surface area contributed by atoms with Crippen LogP contribution >= 0.6 is 0 Å². The van der Waals surface area contributed by atoms with E-state index in [9.17, 15) is 4.39 Å². The van der Waals surface area contributed by atoms with Gasteiger partial charge in [-0.1, -0.05) is 42.8 Å². The van der Waals surface area contributed by atoms with Crippen molar-refractivity contribution in [2.45, 2.75) is 38.9 Å². The second kappa shape index (κ2) is 9.75. The molecule has 0 amide bonds. The van der Waals surface area contributed by atoms with Crippen molar-refractivity contribution in [1.82, 2.24) is 0 Å². The number of para-hydroxylation sites is 1. The van der Waals surface area contributed by atoms with Gasteiger partial charge in [0, 0.05) is 0 Å². The summed E-state index contributed by atoms with van der Waals surface area (Å²) >= 11 is 0. The molecule has 0 atom stereocenters. The van der Waals surface area contributed by atoms with Gasteiger partial charge in [0.15, 0.2) is 11.6 Å². The molecule has 3 rings (SSSR count). The van der Waals surface area contributed by atoms with Crippen LogP contribution in [0, 0.1) is 5.82 Å². The number of aryl methyl sites for hydroxylation is 1. The molecule has 29 heavy (non-hydrogen) atoms. The fourth-order valence-corrected chi connectivity index (χ4v) is 5.86. The minimum atomic E-state index is -1.53. The van der Waals surface area contributed by atoms with Gasteiger partial charge in [-0.15, -0.1) is 8.07 Å². The molecule has 2 nitrogen and oxygen atoms in total. The maximum Gasteiger partial charge on any atom is 0.165 e. The predicted molar refractivity (Wildman–Crippen MR) is 121 cm³/mol. The average Bonchev–Trinajstić information content (AvgIpc) is 2.72. The molecule has 0 N–H and O–H groups in total. The maximum atomic E-state index is 14.1. The Morgan fingerprint density at radius 1 is 0.862 bits per heavy atom. The molecule has 0 saturated carbocycles. The summed E-state index contributed by atoms with van der Waals surface area (Å²) in [6.45, 7) is 7.49. The van der Waals surface area contributed by atoms with Gasteiger partial charge >= 0.3 is 0 Å². The molecule has 153 valence electrons. The van der Waals surface area contributed by atoms with Crippen LogP contribution < -0.4 is 14.7 Å². The van der Waals surface area contributed by atoms with Gasteiger partial charge in [-0.3, -0.25) is 0 Å². The number of rotatable bonds is 9. The summed E-state index contributed by atoms with van der Waals surface area (Å²) in [5.74, 6) is 1.53. The molecule has 0 aliphatic rings. The van der Waals surface area contributed by atoms with Crippen LogP contribution in [0.25, 0.3) is 0 Å². The summed E-state index contributed by atoms with van der Waals surface area (Å²) < 4.78 is 25.4. The lowest BCUT2D eigenvalue weighted by atomic mass is 10.1. The van der Waals surface area contributed by atoms with E-state index in [-0.39, 0.29) is 11.6 Å². The van der Waals surface area contributed by atoms with Gasteiger partial charge in [0.2, 0.25) is 0 Å². The van der Waals surface area contributed by atoms with Gasteiger partial charge in [0.1, 0.15) is 11.5 Å². The quantitative estimate of drug-likeness (QED) is 0.373. The molecule has 0 spiro atoms. The van der Waals surface area contributed by atoms with E-state index in [1.807, 2.05) is 49.4 Å². The minimum Gasteiger partial charge on any atom is -0.494 e. The third-order valence-electron chi connectivity index (χ3n) is 5.18. The maximum absolute atomic E-state index is 14.1. The van der Waals surface area contributed by atoms with Crippen LogP contribution in [0.5, 0.6) is 17.2 Å². The van der Waals surface area contributed by atoms with E-state index in [0.29, 0.717) is 12.4 Å². The molecular weight excluding hydrogens is 379 g/mol. The highest BCUT2D eigenvalue weighted by molar-refractivity contribution is 6.89. The van der Waals surface area contributed by atoms with Crippen LogP contribution in [0.4, 0.5) is 4.39 Å². The molecule has 0 aliphatic heterocycles. The highest BCUT2D eigenvalue weighted by atomic mass is 28.3. The largest absolute Gasteiger partial charge is 0.494 e. The highest BCUT2D eigenvalue weighted by Gasteiger charge is 2.12. The fraction of sp³-hybridized carbons (Fsp3) is 0.280. The van der Waals surface area contributed by atoms with Crippen LogP contribution in [0.2, 0.25) is 19.1 Å². The predicted octanol–water partition coefficient (Wildman–Crippen LogP) is 6.56. The number of halogens is 1. The van der Waals surface area contributed by atoms with E-state index >= 15 is 0 Å². The van der Waals surface area contributed by atoms with E-state index in [4.69, 9.17) is 9.47 Å². The van der Waals surface area contributed by atoms with Crippen LogP contribution in [-0.4, -0.2) is 14.7 Å². The van der Waals surface area contributed by atoms with Crippen LogP contribution in [0.3, 0.4) is 0 Å². The van der Waals surface area contributed by atoms with E-state index in [2.05, 4.69) is 37.4 Å². The fourth-order valence-electron chi connectivity index (χ4n) is 3.44. The van der Waals surface area contributed by atoms with Crippen LogP contribution in [-0.2, 0) is 6.42 Å². The van der Waals surface area contributed by atoms with Gasteiger partial charge in [-0.25, -0.2) is 4.39 Å². The number of ether oxygens (including phenoxy) is 2. The van der Waals surface area contributed by atoms with E-state index in [1.165, 1.54) is 17.3 Å². The Labute approximate surface area is 174 Å². The molecule has 0 saturated heterocycles. The summed E-state index contributed by atoms with van der Waals surface area (Å²) in [4.78, 5) is 0. The van der Waals surface area contributed by atoms with E-state index < -0.39 is 8.07 Å². The highest BCUT2D eigenvalue weighted by Crippen LogP contribution is 2.26. The molecular formula is C25H29FO2Si-. The van der Waals surface area contributed by atoms with E-state index in [0.717, 1.165) is 24.2 Å². The topological polar surface area (TPSA) is 18.5 Å². The second-order valence-corrected chi connectivity index (χ2v) is 12.7. The lowest BCUT2D eigenvalue weighted by molar-refractivity contribution is 0.340. The third-order valence-corrected chi connectivity index (χ3v) is 8.68. The van der Waals surface area contributed by atoms with Gasteiger partial charge in [-0.2, -0.15) is 24.3 Å². The Morgan fingerprint density at radius 3 is 2.28 bits per heavy atom. The second-order valence-electron chi connectivity index (χ2n) is 7.87. The van der Waals surface area contributed by atoms with Crippen molar-refractivity contribution in [3.8, 4) is 17.2 Å². The van der Waals surface area contributed by atoms with Crippen molar-refractivity contribution in [2.24, 2.45) is 0 Å². The molecule has 0 fully saturated rings.